The summed E-state index contributed by atoms with van der Waals surface area (Å²) in [7, 11) is 0. The molecule has 3 unspecified atom stereocenters. The van der Waals surface area contributed by atoms with Gasteiger partial charge in [-0.3, -0.25) is 4.68 Å². The van der Waals surface area contributed by atoms with Crippen LogP contribution in [0.4, 0.5) is 0 Å². The minimum Gasteiger partial charge on any atom is -0.391 e. The van der Waals surface area contributed by atoms with E-state index in [1.165, 1.54) is 0 Å². The van der Waals surface area contributed by atoms with Crippen LogP contribution in [-0.2, 0) is 0 Å². The van der Waals surface area contributed by atoms with Crippen molar-refractivity contribution in [3.05, 3.63) is 18.5 Å². The summed E-state index contributed by atoms with van der Waals surface area (Å²) in [5.41, 5.74) is 5.68. The highest BCUT2D eigenvalue weighted by Gasteiger charge is 2.38. The normalized spacial score (nSPS) is 31.1. The van der Waals surface area contributed by atoms with Crippen LogP contribution < -0.4 is 5.73 Å². The van der Waals surface area contributed by atoms with Gasteiger partial charge < -0.3 is 10.8 Å². The Hall–Kier alpha value is -0.290. The Kier molecular flexibility index (Phi) is 4.70. The summed E-state index contributed by atoms with van der Waals surface area (Å²) >= 11 is 0. The Bertz CT molecular complexity index is 234. The maximum atomic E-state index is 9.31. The Morgan fingerprint density at radius 2 is 2.15 bits per heavy atom. The monoisotopic (exact) mass is 225 g/mol. The lowest BCUT2D eigenvalue weighted by Crippen LogP contribution is -2.52. The number of hydrogen-bond donors (Lipinski definition) is 2. The third kappa shape index (κ3) is 2.14. The molecule has 0 spiro atoms. The molecule has 6 heteroatoms. The number of aliphatic hydroxyl groups is 1. The number of aromatic nitrogens is 2. The van der Waals surface area contributed by atoms with Gasteiger partial charge in [-0.15, -0.1) is 24.8 Å². The second-order valence-electron chi connectivity index (χ2n) is 2.94. The third-order valence-corrected chi connectivity index (χ3v) is 2.18. The molecular formula is C7H13Cl2N3O. The van der Waals surface area contributed by atoms with Crippen LogP contribution >= 0.6 is 24.8 Å². The Labute approximate surface area is 88.9 Å². The van der Waals surface area contributed by atoms with E-state index in [1.807, 2.05) is 12.3 Å². The molecule has 13 heavy (non-hydrogen) atoms. The van der Waals surface area contributed by atoms with Crippen molar-refractivity contribution in [3.63, 3.8) is 0 Å². The molecule has 0 amide bonds. The van der Waals surface area contributed by atoms with Crippen LogP contribution in [0.3, 0.4) is 0 Å². The zero-order valence-electron chi connectivity index (χ0n) is 6.91. The fourth-order valence-corrected chi connectivity index (χ4v) is 1.48. The van der Waals surface area contributed by atoms with E-state index < -0.39 is 0 Å². The van der Waals surface area contributed by atoms with Gasteiger partial charge in [-0.05, 0) is 12.5 Å². The minimum absolute atomic E-state index is 0. The lowest BCUT2D eigenvalue weighted by Gasteiger charge is -2.38. The first-order valence-corrected chi connectivity index (χ1v) is 3.72. The molecule has 0 bridgehead atoms. The van der Waals surface area contributed by atoms with E-state index in [1.54, 1.807) is 10.9 Å². The van der Waals surface area contributed by atoms with Gasteiger partial charge in [-0.1, -0.05) is 0 Å². The van der Waals surface area contributed by atoms with Gasteiger partial charge in [-0.25, -0.2) is 0 Å². The molecule has 1 aliphatic carbocycles. The van der Waals surface area contributed by atoms with Gasteiger partial charge in [0.15, 0.2) is 0 Å². The molecule has 1 fully saturated rings. The molecule has 3 N–H and O–H groups in total. The number of nitrogens with zero attached hydrogens (tertiary/aromatic N) is 2. The van der Waals surface area contributed by atoms with Crippen LogP contribution in [0.5, 0.6) is 0 Å². The highest BCUT2D eigenvalue weighted by Crippen LogP contribution is 2.29. The van der Waals surface area contributed by atoms with E-state index in [2.05, 4.69) is 5.10 Å². The Balaban J connectivity index is 0.000000720. The summed E-state index contributed by atoms with van der Waals surface area (Å²) in [4.78, 5) is 0. The van der Waals surface area contributed by atoms with E-state index in [9.17, 15) is 5.11 Å². The molecular weight excluding hydrogens is 213 g/mol. The average Bonchev–Trinajstić information content (AvgIpc) is 2.39. The molecule has 3 atom stereocenters. The summed E-state index contributed by atoms with van der Waals surface area (Å²) in [6.07, 6.45) is 3.89. The number of rotatable bonds is 1. The molecule has 0 saturated heterocycles. The minimum atomic E-state index is -0.315. The van der Waals surface area contributed by atoms with Crippen molar-refractivity contribution in [2.75, 3.05) is 0 Å². The highest BCUT2D eigenvalue weighted by molar-refractivity contribution is 5.85. The molecule has 0 aromatic carbocycles. The van der Waals surface area contributed by atoms with Crippen LogP contribution in [0, 0.1) is 0 Å². The van der Waals surface area contributed by atoms with Crippen molar-refractivity contribution in [2.24, 2.45) is 5.73 Å². The van der Waals surface area contributed by atoms with Crippen molar-refractivity contribution >= 4 is 24.8 Å². The topological polar surface area (TPSA) is 64.1 Å². The van der Waals surface area contributed by atoms with Crippen molar-refractivity contribution in [1.82, 2.24) is 9.78 Å². The maximum absolute atomic E-state index is 9.31. The smallest absolute Gasteiger partial charge is 0.0929 e. The SMILES string of the molecule is Cl.Cl.NC1CC(O)C1n1cccn1. The summed E-state index contributed by atoms with van der Waals surface area (Å²) in [6, 6.07) is 1.88. The summed E-state index contributed by atoms with van der Waals surface area (Å²) in [5, 5.41) is 13.3. The number of halogens is 2. The highest BCUT2D eigenvalue weighted by atomic mass is 35.5. The first kappa shape index (κ1) is 12.7. The average molecular weight is 226 g/mol. The van der Waals surface area contributed by atoms with E-state index in [-0.39, 0.29) is 43.0 Å². The largest absolute Gasteiger partial charge is 0.391 e. The second kappa shape index (κ2) is 4.81. The second-order valence-corrected chi connectivity index (χ2v) is 2.94. The zero-order valence-corrected chi connectivity index (χ0v) is 8.54. The van der Waals surface area contributed by atoms with Gasteiger partial charge in [0.05, 0.1) is 12.1 Å². The first-order chi connectivity index (χ1) is 5.29. The van der Waals surface area contributed by atoms with Crippen molar-refractivity contribution in [2.45, 2.75) is 24.6 Å². The lowest BCUT2D eigenvalue weighted by atomic mass is 9.84. The molecule has 1 aromatic rings. The quantitative estimate of drug-likeness (QED) is 0.726. The molecule has 0 radical (unpaired) electrons. The van der Waals surface area contributed by atoms with E-state index in [0.717, 1.165) is 0 Å². The lowest BCUT2D eigenvalue weighted by molar-refractivity contribution is 0.00636. The predicted molar refractivity (Wildman–Crippen MR) is 54.4 cm³/mol. The van der Waals surface area contributed by atoms with Crippen molar-refractivity contribution in [1.29, 1.82) is 0 Å². The molecule has 2 rings (SSSR count). The Morgan fingerprint density at radius 3 is 2.54 bits per heavy atom. The van der Waals surface area contributed by atoms with Crippen LogP contribution in [0.25, 0.3) is 0 Å². The van der Waals surface area contributed by atoms with Gasteiger partial charge >= 0.3 is 0 Å². The number of nitrogens with two attached hydrogens (primary N) is 1. The molecule has 1 aromatic heterocycles. The fraction of sp³-hybridized carbons (Fsp3) is 0.571. The Morgan fingerprint density at radius 1 is 1.46 bits per heavy atom. The predicted octanol–water partition coefficient (Wildman–Crippen LogP) is 0.360. The molecule has 1 saturated carbocycles. The molecule has 4 nitrogen and oxygen atoms in total. The van der Waals surface area contributed by atoms with E-state index >= 15 is 0 Å². The van der Waals surface area contributed by atoms with Gasteiger partial charge in [0, 0.05) is 18.4 Å². The van der Waals surface area contributed by atoms with Gasteiger partial charge in [-0.2, -0.15) is 5.10 Å². The molecule has 0 aliphatic heterocycles. The van der Waals surface area contributed by atoms with E-state index in [4.69, 9.17) is 5.73 Å². The fourth-order valence-electron chi connectivity index (χ4n) is 1.48. The van der Waals surface area contributed by atoms with Crippen molar-refractivity contribution in [3.8, 4) is 0 Å². The van der Waals surface area contributed by atoms with Gasteiger partial charge in [0.2, 0.25) is 0 Å². The molecule has 1 heterocycles. The van der Waals surface area contributed by atoms with Crippen LogP contribution in [0.15, 0.2) is 18.5 Å². The summed E-state index contributed by atoms with van der Waals surface area (Å²) in [6.45, 7) is 0. The summed E-state index contributed by atoms with van der Waals surface area (Å²) < 4.78 is 1.72. The van der Waals surface area contributed by atoms with Gasteiger partial charge in [0.25, 0.3) is 0 Å². The zero-order chi connectivity index (χ0) is 7.84. The van der Waals surface area contributed by atoms with E-state index in [0.29, 0.717) is 6.42 Å². The molecule has 76 valence electrons. The van der Waals surface area contributed by atoms with Crippen LogP contribution in [0.1, 0.15) is 12.5 Å². The van der Waals surface area contributed by atoms with Gasteiger partial charge in [0.1, 0.15) is 0 Å². The third-order valence-electron chi connectivity index (χ3n) is 2.18. The number of aliphatic hydroxyl groups excluding tert-OH is 1. The van der Waals surface area contributed by atoms with Crippen LogP contribution in [-0.4, -0.2) is 27.0 Å². The van der Waals surface area contributed by atoms with Crippen molar-refractivity contribution < 1.29 is 5.11 Å². The first-order valence-electron chi connectivity index (χ1n) is 3.72. The van der Waals surface area contributed by atoms with Crippen LogP contribution in [0.2, 0.25) is 0 Å². The standard InChI is InChI=1S/C7H11N3O.2ClH/c8-5-4-6(11)7(5)10-3-1-2-9-10;;/h1-3,5-7,11H,4,8H2;2*1H. The maximum Gasteiger partial charge on any atom is 0.0929 e. The summed E-state index contributed by atoms with van der Waals surface area (Å²) in [5.74, 6) is 0. The molecule has 1 aliphatic rings. The number of hydrogen-bond acceptors (Lipinski definition) is 3.